The lowest BCUT2D eigenvalue weighted by molar-refractivity contribution is 0.0944. The normalized spacial score (nSPS) is 10.9. The average Bonchev–Trinajstić information content (AvgIpc) is 3.30. The van der Waals surface area contributed by atoms with Gasteiger partial charge in [-0.05, 0) is 57.2 Å². The molecule has 6 heteroatoms. The van der Waals surface area contributed by atoms with E-state index in [0.717, 1.165) is 27.8 Å². The molecule has 0 radical (unpaired) electrons. The summed E-state index contributed by atoms with van der Waals surface area (Å²) in [6.45, 7) is 6.04. The van der Waals surface area contributed by atoms with Gasteiger partial charge in [0.1, 0.15) is 17.2 Å². The Labute approximate surface area is 174 Å². The number of rotatable bonds is 5. The average molecular weight is 401 g/mol. The molecule has 0 saturated carbocycles. The maximum atomic E-state index is 12.9. The van der Waals surface area contributed by atoms with Gasteiger partial charge in [-0.1, -0.05) is 29.3 Å². The lowest BCUT2D eigenvalue weighted by atomic mass is 10.1. The summed E-state index contributed by atoms with van der Waals surface area (Å²) in [7, 11) is 0. The zero-order valence-corrected chi connectivity index (χ0v) is 17.1. The third kappa shape index (κ3) is 3.98. The number of nitrogens with one attached hydrogen (secondary N) is 3. The maximum Gasteiger partial charge on any atom is 0.270 e. The van der Waals surface area contributed by atoms with E-state index in [-0.39, 0.29) is 18.4 Å². The van der Waals surface area contributed by atoms with Crippen molar-refractivity contribution in [2.45, 2.75) is 27.3 Å². The highest BCUT2D eigenvalue weighted by atomic mass is 16.3. The Morgan fingerprint density at radius 1 is 0.900 bits per heavy atom. The first-order valence-corrected chi connectivity index (χ1v) is 9.74. The number of amides is 2. The van der Waals surface area contributed by atoms with Crippen molar-refractivity contribution >= 4 is 28.4 Å². The summed E-state index contributed by atoms with van der Waals surface area (Å²) in [6, 6.07) is 16.8. The number of benzene rings is 2. The Morgan fingerprint density at radius 2 is 1.63 bits per heavy atom. The predicted molar refractivity (Wildman–Crippen MR) is 117 cm³/mol. The van der Waals surface area contributed by atoms with Gasteiger partial charge in [0.05, 0.1) is 12.2 Å². The first-order valence-electron chi connectivity index (χ1n) is 9.74. The molecule has 0 saturated heterocycles. The molecular formula is C24H23N3O3. The predicted octanol–water partition coefficient (Wildman–Crippen LogP) is 4.87. The minimum absolute atomic E-state index is 0.256. The van der Waals surface area contributed by atoms with Crippen LogP contribution in [0.15, 0.2) is 59.0 Å². The Balaban J connectivity index is 1.65. The summed E-state index contributed by atoms with van der Waals surface area (Å²) in [4.78, 5) is 28.9. The van der Waals surface area contributed by atoms with Gasteiger partial charge in [-0.3, -0.25) is 9.59 Å². The number of carbonyl (C=O) groups is 2. The van der Waals surface area contributed by atoms with E-state index in [1.54, 1.807) is 12.1 Å². The highest BCUT2D eigenvalue weighted by Crippen LogP contribution is 2.29. The quantitative estimate of drug-likeness (QED) is 0.446. The van der Waals surface area contributed by atoms with Gasteiger partial charge in [0.15, 0.2) is 0 Å². The van der Waals surface area contributed by atoms with E-state index in [1.807, 2.05) is 63.2 Å². The summed E-state index contributed by atoms with van der Waals surface area (Å²) in [6.07, 6.45) is 0. The number of hydrogen-bond acceptors (Lipinski definition) is 3. The Hall–Kier alpha value is -3.80. The fraction of sp³-hybridized carbons (Fsp3) is 0.167. The zero-order valence-electron chi connectivity index (χ0n) is 17.1. The van der Waals surface area contributed by atoms with Gasteiger partial charge >= 0.3 is 0 Å². The molecule has 30 heavy (non-hydrogen) atoms. The van der Waals surface area contributed by atoms with E-state index in [1.165, 1.54) is 0 Å². The number of anilines is 1. The minimum Gasteiger partial charge on any atom is -0.465 e. The topological polar surface area (TPSA) is 87.1 Å². The van der Waals surface area contributed by atoms with Gasteiger partial charge in [0.2, 0.25) is 0 Å². The lowest BCUT2D eigenvalue weighted by Crippen LogP contribution is -2.24. The molecule has 0 aliphatic rings. The number of carbonyl (C=O) groups excluding carboxylic acids is 2. The number of aryl methyl sites for hydroxylation is 3. The molecule has 4 rings (SSSR count). The number of hydrogen-bond donors (Lipinski definition) is 3. The van der Waals surface area contributed by atoms with E-state index >= 15 is 0 Å². The van der Waals surface area contributed by atoms with Crippen LogP contribution in [-0.2, 0) is 6.54 Å². The summed E-state index contributed by atoms with van der Waals surface area (Å²) in [5.41, 5.74) is 4.18. The van der Waals surface area contributed by atoms with E-state index in [4.69, 9.17) is 4.42 Å². The van der Waals surface area contributed by atoms with Crippen LogP contribution in [0.4, 0.5) is 5.69 Å². The second-order valence-electron chi connectivity index (χ2n) is 7.44. The molecule has 0 aliphatic heterocycles. The molecule has 0 spiro atoms. The SMILES string of the molecule is Cc1ccc(C(=O)Nc2c(C(=O)NCc3ccc(C)o3)[nH]c3ccc(C)cc23)cc1. The standard InChI is InChI=1S/C24H23N3O3/c1-14-4-8-17(9-5-14)23(28)27-21-19-12-15(2)6-11-20(19)26-22(21)24(29)25-13-18-10-7-16(3)30-18/h4-12,26H,13H2,1-3H3,(H,25,29)(H,27,28). The Kier molecular flexibility index (Phi) is 5.14. The van der Waals surface area contributed by atoms with Crippen LogP contribution in [0.2, 0.25) is 0 Å². The summed E-state index contributed by atoms with van der Waals surface area (Å²) < 4.78 is 5.51. The van der Waals surface area contributed by atoms with Crippen LogP contribution < -0.4 is 10.6 Å². The molecular weight excluding hydrogens is 378 g/mol. The lowest BCUT2D eigenvalue weighted by Gasteiger charge is -2.09. The Bertz CT molecular complexity index is 1230. The molecule has 0 aliphatic carbocycles. The molecule has 2 aromatic carbocycles. The highest BCUT2D eigenvalue weighted by molar-refractivity contribution is 6.15. The third-order valence-electron chi connectivity index (χ3n) is 4.95. The minimum atomic E-state index is -0.322. The molecule has 0 bridgehead atoms. The van der Waals surface area contributed by atoms with Gasteiger partial charge in [-0.2, -0.15) is 0 Å². The van der Waals surface area contributed by atoms with Crippen LogP contribution in [0.3, 0.4) is 0 Å². The number of furan rings is 1. The largest absolute Gasteiger partial charge is 0.465 e. The van der Waals surface area contributed by atoms with E-state index in [9.17, 15) is 9.59 Å². The van der Waals surface area contributed by atoms with E-state index in [0.29, 0.717) is 22.7 Å². The van der Waals surface area contributed by atoms with Crippen molar-refractivity contribution in [1.82, 2.24) is 10.3 Å². The van der Waals surface area contributed by atoms with Crippen molar-refractivity contribution in [3.8, 4) is 0 Å². The molecule has 2 heterocycles. The molecule has 0 atom stereocenters. The monoisotopic (exact) mass is 401 g/mol. The fourth-order valence-electron chi connectivity index (χ4n) is 3.33. The number of aromatic amines is 1. The van der Waals surface area contributed by atoms with Crippen molar-refractivity contribution in [3.63, 3.8) is 0 Å². The highest BCUT2D eigenvalue weighted by Gasteiger charge is 2.20. The first-order chi connectivity index (χ1) is 14.4. The van der Waals surface area contributed by atoms with Crippen molar-refractivity contribution in [2.75, 3.05) is 5.32 Å². The molecule has 2 amide bonds. The second kappa shape index (κ2) is 7.91. The van der Waals surface area contributed by atoms with Crippen molar-refractivity contribution in [3.05, 3.63) is 88.5 Å². The van der Waals surface area contributed by atoms with Gasteiger partial charge < -0.3 is 20.0 Å². The first kappa shape index (κ1) is 19.5. The third-order valence-corrected chi connectivity index (χ3v) is 4.95. The van der Waals surface area contributed by atoms with Crippen molar-refractivity contribution < 1.29 is 14.0 Å². The van der Waals surface area contributed by atoms with Gasteiger partial charge in [0, 0.05) is 16.5 Å². The van der Waals surface area contributed by atoms with Crippen LogP contribution in [0, 0.1) is 20.8 Å². The van der Waals surface area contributed by atoms with E-state index in [2.05, 4.69) is 15.6 Å². The molecule has 2 aromatic heterocycles. The molecule has 0 fully saturated rings. The zero-order chi connectivity index (χ0) is 21.3. The fourth-order valence-corrected chi connectivity index (χ4v) is 3.33. The summed E-state index contributed by atoms with van der Waals surface area (Å²) >= 11 is 0. The molecule has 3 N–H and O–H groups in total. The summed E-state index contributed by atoms with van der Waals surface area (Å²) in [5.74, 6) is 0.856. The molecule has 0 unspecified atom stereocenters. The van der Waals surface area contributed by atoms with Crippen LogP contribution in [-0.4, -0.2) is 16.8 Å². The number of H-pyrrole nitrogens is 1. The smallest absolute Gasteiger partial charge is 0.270 e. The van der Waals surface area contributed by atoms with Crippen LogP contribution in [0.25, 0.3) is 10.9 Å². The Morgan fingerprint density at radius 3 is 2.33 bits per heavy atom. The van der Waals surface area contributed by atoms with Gasteiger partial charge in [0.25, 0.3) is 11.8 Å². The number of aromatic nitrogens is 1. The van der Waals surface area contributed by atoms with Crippen molar-refractivity contribution in [1.29, 1.82) is 0 Å². The van der Waals surface area contributed by atoms with Crippen LogP contribution in [0.5, 0.6) is 0 Å². The van der Waals surface area contributed by atoms with Gasteiger partial charge in [-0.15, -0.1) is 0 Å². The summed E-state index contributed by atoms with van der Waals surface area (Å²) in [5, 5.41) is 6.56. The van der Waals surface area contributed by atoms with Crippen LogP contribution >= 0.6 is 0 Å². The van der Waals surface area contributed by atoms with E-state index < -0.39 is 0 Å². The van der Waals surface area contributed by atoms with Crippen molar-refractivity contribution in [2.24, 2.45) is 0 Å². The molecule has 4 aromatic rings. The van der Waals surface area contributed by atoms with Gasteiger partial charge in [-0.25, -0.2) is 0 Å². The number of fused-ring (bicyclic) bond motifs is 1. The van der Waals surface area contributed by atoms with Crippen LogP contribution in [0.1, 0.15) is 43.5 Å². The molecule has 6 nitrogen and oxygen atoms in total. The maximum absolute atomic E-state index is 12.9. The second-order valence-corrected chi connectivity index (χ2v) is 7.44. The molecule has 152 valence electrons.